The van der Waals surface area contributed by atoms with Crippen LogP contribution in [0.25, 0.3) is 0 Å². The summed E-state index contributed by atoms with van der Waals surface area (Å²) in [5.74, 6) is -0.773. The minimum Gasteiger partial charge on any atom is -0.387 e. The fourth-order valence-electron chi connectivity index (χ4n) is 3.04. The van der Waals surface area contributed by atoms with Crippen molar-refractivity contribution < 1.29 is 51.2 Å². The summed E-state index contributed by atoms with van der Waals surface area (Å²) in [6.07, 6.45) is -3.41. The lowest BCUT2D eigenvalue weighted by Crippen LogP contribution is -2.37. The van der Waals surface area contributed by atoms with Crippen molar-refractivity contribution >= 4 is 28.8 Å². The van der Waals surface area contributed by atoms with Crippen LogP contribution in [0.3, 0.4) is 0 Å². The highest BCUT2D eigenvalue weighted by Gasteiger charge is 2.53. The highest BCUT2D eigenvalue weighted by Crippen LogP contribution is 2.78. The van der Waals surface area contributed by atoms with Crippen molar-refractivity contribution in [2.45, 2.75) is 24.5 Å². The topological polar surface area (TPSA) is 196 Å². The molecule has 15 nitrogen and oxygen atoms in total. The zero-order valence-corrected chi connectivity index (χ0v) is 19.3. The van der Waals surface area contributed by atoms with Gasteiger partial charge in [0.1, 0.15) is 24.1 Å². The number of aromatic nitrogens is 2. The number of nitrogens with zero attached hydrogens (tertiary/aromatic N) is 3. The molecule has 3 N–H and O–H groups in total. The van der Waals surface area contributed by atoms with Crippen LogP contribution in [0.5, 0.6) is 0 Å². The summed E-state index contributed by atoms with van der Waals surface area (Å²) in [5, 5.41) is 10.5. The quantitative estimate of drug-likeness (QED) is 0.440. The SMILES string of the molecule is CO[C@H]1C(O)[C@@H](COP2(=O)CP(=O)(O)OP(=O)(O)O2)O[C@H]1n1ccc(N(C)C)nc1=O. The molecule has 2 aliphatic heterocycles. The van der Waals surface area contributed by atoms with Gasteiger partial charge in [-0.15, -0.1) is 0 Å². The Balaban J connectivity index is 1.77. The largest absolute Gasteiger partial charge is 0.486 e. The molecule has 4 unspecified atom stereocenters. The molecule has 31 heavy (non-hydrogen) atoms. The molecule has 0 amide bonds. The Labute approximate surface area is 176 Å². The minimum absolute atomic E-state index is 0.394. The normalized spacial score (nSPS) is 40.7. The number of rotatable bonds is 6. The van der Waals surface area contributed by atoms with Crippen LogP contribution in [-0.4, -0.2) is 76.5 Å². The number of methoxy groups -OCH3 is 1. The van der Waals surface area contributed by atoms with Gasteiger partial charge in [0.05, 0.1) is 6.61 Å². The molecule has 0 bridgehead atoms. The third-order valence-electron chi connectivity index (χ3n) is 4.38. The lowest BCUT2D eigenvalue weighted by molar-refractivity contribution is -0.0608. The molecule has 2 fully saturated rings. The number of anilines is 1. The van der Waals surface area contributed by atoms with Gasteiger partial charge in [-0.3, -0.25) is 13.7 Å². The highest BCUT2D eigenvalue weighted by atomic mass is 31.3. The van der Waals surface area contributed by atoms with Crippen molar-refractivity contribution in [1.82, 2.24) is 9.55 Å². The standard InChI is InChI=1S/C13H22N3O12P3/c1-15(2)9-4-5-16(13(18)14-9)12-11(24-3)10(17)8(26-12)6-25-30(21)7-29(19,20)27-31(22,23)28-30/h4-5,8,10-12,17H,6-7H2,1-3H3,(H,19,20)(H,22,23)/t8-,10?,11+,12-,30?/m1/s1. The number of ether oxygens (including phenoxy) is 2. The maximum Gasteiger partial charge on any atom is 0.486 e. The zero-order chi connectivity index (χ0) is 23.2. The van der Waals surface area contributed by atoms with Gasteiger partial charge in [-0.25, -0.2) is 18.0 Å². The lowest BCUT2D eigenvalue weighted by atomic mass is 10.1. The van der Waals surface area contributed by atoms with E-state index in [9.17, 15) is 33.4 Å². The fourth-order valence-corrected chi connectivity index (χ4v) is 9.95. The smallest absolute Gasteiger partial charge is 0.387 e. The van der Waals surface area contributed by atoms with E-state index in [4.69, 9.17) is 14.0 Å². The molecule has 3 rings (SSSR count). The summed E-state index contributed by atoms with van der Waals surface area (Å²) >= 11 is 0. The minimum atomic E-state index is -5.09. The molecule has 0 aromatic carbocycles. The van der Waals surface area contributed by atoms with Gasteiger partial charge in [0, 0.05) is 27.4 Å². The van der Waals surface area contributed by atoms with E-state index >= 15 is 0 Å². The van der Waals surface area contributed by atoms with Gasteiger partial charge >= 0.3 is 28.7 Å². The van der Waals surface area contributed by atoms with E-state index in [2.05, 4.69) is 13.6 Å². The molecule has 0 spiro atoms. The van der Waals surface area contributed by atoms with Crippen LogP contribution >= 0.6 is 23.0 Å². The second-order valence-electron chi connectivity index (χ2n) is 6.94. The molecule has 18 heteroatoms. The van der Waals surface area contributed by atoms with Crippen molar-refractivity contribution in [2.75, 3.05) is 38.6 Å². The van der Waals surface area contributed by atoms with E-state index in [1.807, 2.05) is 0 Å². The van der Waals surface area contributed by atoms with Crippen LogP contribution in [-0.2, 0) is 36.3 Å². The summed E-state index contributed by atoms with van der Waals surface area (Å²) < 4.78 is 61.1. The van der Waals surface area contributed by atoms with E-state index in [1.165, 1.54) is 13.3 Å². The van der Waals surface area contributed by atoms with Gasteiger partial charge in [-0.1, -0.05) is 0 Å². The predicted octanol–water partition coefficient (Wildman–Crippen LogP) is 0.0824. The van der Waals surface area contributed by atoms with E-state index in [0.717, 1.165) is 4.57 Å². The third kappa shape index (κ3) is 5.52. The van der Waals surface area contributed by atoms with E-state index in [-0.39, 0.29) is 0 Å². The first-order chi connectivity index (χ1) is 14.3. The summed E-state index contributed by atoms with van der Waals surface area (Å²) in [6.45, 7) is -0.674. The zero-order valence-electron chi connectivity index (χ0n) is 16.6. The summed E-state index contributed by atoms with van der Waals surface area (Å²) in [5.41, 5.74) is -0.685. The first kappa shape index (κ1) is 24.7. The third-order valence-corrected chi connectivity index (χ3v) is 11.4. The summed E-state index contributed by atoms with van der Waals surface area (Å²) in [4.78, 5) is 36.7. The summed E-state index contributed by atoms with van der Waals surface area (Å²) in [7, 11) is -9.69. The Hall–Kier alpha value is -0.950. The highest BCUT2D eigenvalue weighted by molar-refractivity contribution is 7.81. The predicted molar refractivity (Wildman–Crippen MR) is 104 cm³/mol. The van der Waals surface area contributed by atoms with E-state index in [0.29, 0.717) is 5.82 Å². The molecule has 1 aromatic heterocycles. The van der Waals surface area contributed by atoms with Crippen LogP contribution in [0.2, 0.25) is 0 Å². The van der Waals surface area contributed by atoms with Crippen LogP contribution in [0.15, 0.2) is 17.1 Å². The average molecular weight is 505 g/mol. The van der Waals surface area contributed by atoms with Gasteiger partial charge in [-0.05, 0) is 6.07 Å². The molecule has 1 aromatic rings. The number of hydrogen-bond donors (Lipinski definition) is 3. The maximum absolute atomic E-state index is 12.6. The van der Waals surface area contributed by atoms with Crippen LogP contribution in [0, 0.1) is 0 Å². The lowest BCUT2D eigenvalue weighted by Gasteiger charge is -2.28. The average Bonchev–Trinajstić information content (AvgIpc) is 2.92. The second kappa shape index (κ2) is 8.77. The van der Waals surface area contributed by atoms with Crippen LogP contribution < -0.4 is 10.6 Å². The molecule has 3 heterocycles. The Kier molecular flexibility index (Phi) is 6.98. The van der Waals surface area contributed by atoms with Crippen molar-refractivity contribution in [3.8, 4) is 0 Å². The first-order valence-electron chi connectivity index (χ1n) is 8.69. The van der Waals surface area contributed by atoms with Crippen LogP contribution in [0.1, 0.15) is 6.23 Å². The molecule has 0 radical (unpaired) electrons. The van der Waals surface area contributed by atoms with Crippen molar-refractivity contribution in [2.24, 2.45) is 0 Å². The van der Waals surface area contributed by atoms with Crippen LogP contribution in [0.4, 0.5) is 5.82 Å². The number of hydrogen-bond acceptors (Lipinski definition) is 12. The van der Waals surface area contributed by atoms with Gasteiger partial charge in [0.2, 0.25) is 0 Å². The fraction of sp³-hybridized carbons (Fsp3) is 0.692. The molecule has 2 aliphatic rings. The van der Waals surface area contributed by atoms with Gasteiger partial charge in [0.15, 0.2) is 12.1 Å². The molecule has 0 saturated carbocycles. The number of aliphatic hydroxyl groups is 1. The van der Waals surface area contributed by atoms with Gasteiger partial charge in [0.25, 0.3) is 0 Å². The first-order valence-corrected chi connectivity index (χ1v) is 13.7. The van der Waals surface area contributed by atoms with E-state index in [1.54, 1.807) is 25.1 Å². The number of phosphoric acid groups is 1. The molecule has 176 valence electrons. The van der Waals surface area contributed by atoms with Crippen molar-refractivity contribution in [3.63, 3.8) is 0 Å². The monoisotopic (exact) mass is 505 g/mol. The van der Waals surface area contributed by atoms with Crippen molar-refractivity contribution in [3.05, 3.63) is 22.7 Å². The van der Waals surface area contributed by atoms with E-state index < -0.39 is 65.8 Å². The Bertz CT molecular complexity index is 1000. The Morgan fingerprint density at radius 3 is 2.52 bits per heavy atom. The van der Waals surface area contributed by atoms with Gasteiger partial charge in [-0.2, -0.15) is 4.98 Å². The molecular formula is C13H22N3O12P3. The molecule has 2 saturated heterocycles. The second-order valence-corrected chi connectivity index (χ2v) is 13.1. The van der Waals surface area contributed by atoms with Crippen molar-refractivity contribution in [1.29, 1.82) is 0 Å². The summed E-state index contributed by atoms with van der Waals surface area (Å²) in [6, 6.07) is 1.54. The Morgan fingerprint density at radius 2 is 1.97 bits per heavy atom. The number of aliphatic hydroxyl groups excluding tert-OH is 1. The van der Waals surface area contributed by atoms with Gasteiger partial charge < -0.3 is 33.8 Å². The molecular weight excluding hydrogens is 483 g/mol. The molecule has 0 aliphatic carbocycles. The Morgan fingerprint density at radius 1 is 1.29 bits per heavy atom. The maximum atomic E-state index is 12.6. The molecule has 7 atom stereocenters.